The van der Waals surface area contributed by atoms with Crippen molar-refractivity contribution in [3.8, 4) is 5.75 Å². The number of aliphatic carboxylic acids is 1. The van der Waals surface area contributed by atoms with Crippen molar-refractivity contribution < 1.29 is 19.4 Å². The van der Waals surface area contributed by atoms with Gasteiger partial charge in [-0.2, -0.15) is 0 Å². The van der Waals surface area contributed by atoms with Crippen LogP contribution in [0.5, 0.6) is 5.75 Å². The van der Waals surface area contributed by atoms with Gasteiger partial charge in [0.15, 0.2) is 0 Å². The average molecular weight is 237 g/mol. The van der Waals surface area contributed by atoms with Gasteiger partial charge in [0, 0.05) is 0 Å². The van der Waals surface area contributed by atoms with Crippen molar-refractivity contribution in [3.63, 3.8) is 0 Å². The van der Waals surface area contributed by atoms with Crippen LogP contribution in [0.3, 0.4) is 0 Å². The molecule has 0 aliphatic rings. The maximum atomic E-state index is 11.8. The standard InChI is InChI=1S/C12H15NO4/c1-7-4-8(2)11(9(5-7)17-3)12(16)13-6-10(14)15/h4-5H,6H2,1-3H3,(H,13,16)(H,14,15). The van der Waals surface area contributed by atoms with Gasteiger partial charge in [-0.15, -0.1) is 0 Å². The number of amides is 1. The van der Waals surface area contributed by atoms with Crippen LogP contribution in [-0.2, 0) is 4.79 Å². The molecule has 1 amide bonds. The van der Waals surface area contributed by atoms with Crippen LogP contribution in [0.15, 0.2) is 12.1 Å². The van der Waals surface area contributed by atoms with Gasteiger partial charge in [-0.25, -0.2) is 0 Å². The van der Waals surface area contributed by atoms with Crippen molar-refractivity contribution in [2.75, 3.05) is 13.7 Å². The van der Waals surface area contributed by atoms with Crippen molar-refractivity contribution in [2.45, 2.75) is 13.8 Å². The van der Waals surface area contributed by atoms with E-state index in [2.05, 4.69) is 5.32 Å². The number of carboxylic acids is 1. The summed E-state index contributed by atoms with van der Waals surface area (Å²) in [6.45, 7) is 3.27. The molecule has 0 bridgehead atoms. The largest absolute Gasteiger partial charge is 0.496 e. The summed E-state index contributed by atoms with van der Waals surface area (Å²) in [6, 6.07) is 3.58. The van der Waals surface area contributed by atoms with Crippen molar-refractivity contribution in [2.24, 2.45) is 0 Å². The minimum atomic E-state index is -1.08. The van der Waals surface area contributed by atoms with Gasteiger partial charge in [0.1, 0.15) is 12.3 Å². The Labute approximate surface area is 99.4 Å². The molecule has 2 N–H and O–H groups in total. The van der Waals surface area contributed by atoms with E-state index in [1.165, 1.54) is 7.11 Å². The quantitative estimate of drug-likeness (QED) is 0.823. The van der Waals surface area contributed by atoms with E-state index in [9.17, 15) is 9.59 Å². The number of hydrogen-bond acceptors (Lipinski definition) is 3. The van der Waals surface area contributed by atoms with E-state index in [1.54, 1.807) is 13.0 Å². The SMILES string of the molecule is COc1cc(C)cc(C)c1C(=O)NCC(=O)O. The molecule has 0 saturated carbocycles. The van der Waals surface area contributed by atoms with Gasteiger partial charge in [0.25, 0.3) is 5.91 Å². The first kappa shape index (κ1) is 13.0. The molecule has 17 heavy (non-hydrogen) atoms. The smallest absolute Gasteiger partial charge is 0.322 e. The second kappa shape index (κ2) is 5.34. The monoisotopic (exact) mass is 237 g/mol. The van der Waals surface area contributed by atoms with Crippen LogP contribution in [0, 0.1) is 13.8 Å². The first-order valence-electron chi connectivity index (χ1n) is 5.11. The summed E-state index contributed by atoms with van der Waals surface area (Å²) in [5, 5.41) is 10.8. The van der Waals surface area contributed by atoms with Crippen LogP contribution in [0.2, 0.25) is 0 Å². The maximum Gasteiger partial charge on any atom is 0.322 e. The van der Waals surface area contributed by atoms with Crippen LogP contribution in [0.1, 0.15) is 21.5 Å². The van der Waals surface area contributed by atoms with E-state index >= 15 is 0 Å². The lowest BCUT2D eigenvalue weighted by Gasteiger charge is -2.12. The van der Waals surface area contributed by atoms with E-state index in [1.807, 2.05) is 13.0 Å². The molecule has 0 atom stereocenters. The maximum absolute atomic E-state index is 11.8. The summed E-state index contributed by atoms with van der Waals surface area (Å²) in [6.07, 6.45) is 0. The number of carbonyl (C=O) groups excluding carboxylic acids is 1. The van der Waals surface area contributed by atoms with Crippen LogP contribution in [0.25, 0.3) is 0 Å². The zero-order valence-electron chi connectivity index (χ0n) is 10.0. The molecule has 0 unspecified atom stereocenters. The van der Waals surface area contributed by atoms with Gasteiger partial charge >= 0.3 is 5.97 Å². The number of carboxylic acid groups (broad SMARTS) is 1. The van der Waals surface area contributed by atoms with Crippen LogP contribution >= 0.6 is 0 Å². The zero-order chi connectivity index (χ0) is 13.0. The number of aryl methyl sites for hydroxylation is 2. The number of nitrogens with one attached hydrogen (secondary N) is 1. The van der Waals surface area contributed by atoms with E-state index in [4.69, 9.17) is 9.84 Å². The molecule has 0 heterocycles. The molecular formula is C12H15NO4. The van der Waals surface area contributed by atoms with E-state index < -0.39 is 18.4 Å². The van der Waals surface area contributed by atoms with Gasteiger partial charge in [0.05, 0.1) is 12.7 Å². The van der Waals surface area contributed by atoms with E-state index in [-0.39, 0.29) is 0 Å². The predicted molar refractivity (Wildman–Crippen MR) is 62.4 cm³/mol. The molecule has 1 aromatic carbocycles. The third-order valence-corrected chi connectivity index (χ3v) is 2.29. The van der Waals surface area contributed by atoms with Crippen molar-refractivity contribution in [3.05, 3.63) is 28.8 Å². The highest BCUT2D eigenvalue weighted by molar-refractivity contribution is 5.99. The predicted octanol–water partition coefficient (Wildman–Crippen LogP) is 1.13. The summed E-state index contributed by atoms with van der Waals surface area (Å²) in [5.74, 6) is -1.07. The number of methoxy groups -OCH3 is 1. The molecule has 0 aliphatic carbocycles. The number of rotatable bonds is 4. The molecule has 0 fully saturated rings. The van der Waals surface area contributed by atoms with Crippen LogP contribution < -0.4 is 10.1 Å². The summed E-state index contributed by atoms with van der Waals surface area (Å²) < 4.78 is 5.13. The number of ether oxygens (including phenoxy) is 1. The van der Waals surface area contributed by atoms with Gasteiger partial charge in [0.2, 0.25) is 0 Å². The number of benzene rings is 1. The lowest BCUT2D eigenvalue weighted by atomic mass is 10.0. The first-order valence-corrected chi connectivity index (χ1v) is 5.11. The second-order valence-corrected chi connectivity index (χ2v) is 3.74. The van der Waals surface area contributed by atoms with Gasteiger partial charge in [-0.05, 0) is 31.0 Å². The van der Waals surface area contributed by atoms with Crippen molar-refractivity contribution in [1.82, 2.24) is 5.32 Å². The van der Waals surface area contributed by atoms with Crippen molar-refractivity contribution >= 4 is 11.9 Å². The Morgan fingerprint density at radius 1 is 1.35 bits per heavy atom. The minimum Gasteiger partial charge on any atom is -0.496 e. The summed E-state index contributed by atoms with van der Waals surface area (Å²) in [4.78, 5) is 22.2. The fourth-order valence-corrected chi connectivity index (χ4v) is 1.62. The Bertz CT molecular complexity index is 454. The van der Waals surface area contributed by atoms with Crippen LogP contribution in [0.4, 0.5) is 0 Å². The Hall–Kier alpha value is -2.04. The molecule has 1 rings (SSSR count). The highest BCUT2D eigenvalue weighted by atomic mass is 16.5. The number of carbonyl (C=O) groups is 2. The Morgan fingerprint density at radius 2 is 2.00 bits per heavy atom. The van der Waals surface area contributed by atoms with E-state index in [0.29, 0.717) is 11.3 Å². The summed E-state index contributed by atoms with van der Waals surface area (Å²) in [5.41, 5.74) is 2.11. The van der Waals surface area contributed by atoms with E-state index in [0.717, 1.165) is 11.1 Å². The van der Waals surface area contributed by atoms with Crippen molar-refractivity contribution in [1.29, 1.82) is 0 Å². The molecule has 5 heteroatoms. The third-order valence-electron chi connectivity index (χ3n) is 2.29. The molecule has 0 spiro atoms. The van der Waals surface area contributed by atoms with Gasteiger partial charge < -0.3 is 15.2 Å². The Kier molecular flexibility index (Phi) is 4.09. The third kappa shape index (κ3) is 3.21. The molecular weight excluding hydrogens is 222 g/mol. The van der Waals surface area contributed by atoms with Crippen LogP contribution in [-0.4, -0.2) is 30.6 Å². The van der Waals surface area contributed by atoms with Gasteiger partial charge in [-0.1, -0.05) is 6.07 Å². The fourth-order valence-electron chi connectivity index (χ4n) is 1.62. The molecule has 0 radical (unpaired) electrons. The highest BCUT2D eigenvalue weighted by Crippen LogP contribution is 2.23. The molecule has 0 aliphatic heterocycles. The molecule has 0 saturated heterocycles. The Morgan fingerprint density at radius 3 is 2.53 bits per heavy atom. The highest BCUT2D eigenvalue weighted by Gasteiger charge is 2.16. The number of hydrogen-bond donors (Lipinski definition) is 2. The first-order chi connectivity index (χ1) is 7.95. The summed E-state index contributed by atoms with van der Waals surface area (Å²) >= 11 is 0. The normalized spacial score (nSPS) is 9.82. The molecule has 5 nitrogen and oxygen atoms in total. The molecule has 1 aromatic rings. The summed E-state index contributed by atoms with van der Waals surface area (Å²) in [7, 11) is 1.47. The minimum absolute atomic E-state index is 0.374. The lowest BCUT2D eigenvalue weighted by Crippen LogP contribution is -2.30. The van der Waals surface area contributed by atoms with Gasteiger partial charge in [-0.3, -0.25) is 9.59 Å². The lowest BCUT2D eigenvalue weighted by molar-refractivity contribution is -0.135. The zero-order valence-corrected chi connectivity index (χ0v) is 10.0. The average Bonchev–Trinajstić information content (AvgIpc) is 2.24. The Balaban J connectivity index is 3.03. The fraction of sp³-hybridized carbons (Fsp3) is 0.333. The molecule has 92 valence electrons. The second-order valence-electron chi connectivity index (χ2n) is 3.74. The molecule has 0 aromatic heterocycles. The topological polar surface area (TPSA) is 75.6 Å².